The van der Waals surface area contributed by atoms with Crippen LogP contribution in [0.15, 0.2) is 0 Å². The Kier molecular flexibility index (Phi) is 2.95. The first-order chi connectivity index (χ1) is 4.33. The molecule has 0 aromatic heterocycles. The van der Waals surface area contributed by atoms with Crippen LogP contribution >= 0.6 is 16.1 Å². The Morgan fingerprint density at radius 2 is 2.00 bits per heavy atom. The van der Waals surface area contributed by atoms with Crippen molar-refractivity contribution in [2.75, 3.05) is 20.1 Å². The first-order valence-electron chi connectivity index (χ1n) is 3.41. The Hall–Kier alpha value is 0.400. The van der Waals surface area contributed by atoms with Crippen molar-refractivity contribution in [1.82, 2.24) is 9.24 Å². The summed E-state index contributed by atoms with van der Waals surface area (Å²) in [6.07, 6.45) is 2.53. The number of nitrogens with zero attached hydrogens (tertiary/aromatic N) is 1. The minimum atomic E-state index is 0.749. The molecule has 1 N–H and O–H groups in total. The lowest BCUT2D eigenvalue weighted by atomic mass is 10.1. The molecule has 1 rings (SSSR count). The van der Waals surface area contributed by atoms with Crippen LogP contribution in [0.1, 0.15) is 12.8 Å². The fourth-order valence-corrected chi connectivity index (χ4v) is 1.55. The molecule has 0 atom stereocenters. The number of halogens is 1. The highest BCUT2D eigenvalue weighted by atomic mass is 79.9. The second-order valence-corrected chi connectivity index (χ2v) is 3.48. The lowest BCUT2D eigenvalue weighted by Crippen LogP contribution is -2.36. The fourth-order valence-electron chi connectivity index (χ4n) is 1.14. The van der Waals surface area contributed by atoms with E-state index in [0.29, 0.717) is 0 Å². The highest BCUT2D eigenvalue weighted by molar-refractivity contribution is 9.07. The van der Waals surface area contributed by atoms with E-state index in [1.807, 2.05) is 7.05 Å². The van der Waals surface area contributed by atoms with Crippen LogP contribution in [0.5, 0.6) is 0 Å². The van der Waals surface area contributed by atoms with Crippen molar-refractivity contribution in [3.63, 3.8) is 0 Å². The van der Waals surface area contributed by atoms with E-state index < -0.39 is 0 Å². The predicted octanol–water partition coefficient (Wildman–Crippen LogP) is 0.980. The minimum Gasteiger partial charge on any atom is -0.317 e. The van der Waals surface area contributed by atoms with E-state index in [1.165, 1.54) is 25.9 Å². The third-order valence-corrected chi connectivity index (χ3v) is 2.56. The van der Waals surface area contributed by atoms with E-state index in [1.54, 1.807) is 0 Å². The zero-order valence-electron chi connectivity index (χ0n) is 5.73. The number of hydrogen-bond donors (Lipinski definition) is 1. The average molecular weight is 193 g/mol. The molecule has 2 nitrogen and oxygen atoms in total. The molecular formula is C6H13BrN2. The second kappa shape index (κ2) is 3.54. The van der Waals surface area contributed by atoms with Crippen LogP contribution in [0.4, 0.5) is 0 Å². The highest BCUT2D eigenvalue weighted by Crippen LogP contribution is 2.12. The van der Waals surface area contributed by atoms with E-state index in [9.17, 15) is 0 Å². The van der Waals surface area contributed by atoms with Gasteiger partial charge in [0, 0.05) is 35.3 Å². The highest BCUT2D eigenvalue weighted by Gasteiger charge is 2.14. The summed E-state index contributed by atoms with van der Waals surface area (Å²) in [5.74, 6) is 0. The molecule has 0 bridgehead atoms. The van der Waals surface area contributed by atoms with Gasteiger partial charge in [-0.25, -0.2) is 3.93 Å². The van der Waals surface area contributed by atoms with Crippen LogP contribution in [0.25, 0.3) is 0 Å². The first-order valence-corrected chi connectivity index (χ1v) is 4.12. The summed E-state index contributed by atoms with van der Waals surface area (Å²) >= 11 is 3.45. The SMILES string of the molecule is CNC1CCN(Br)CC1. The van der Waals surface area contributed by atoms with Crippen molar-refractivity contribution in [2.45, 2.75) is 18.9 Å². The van der Waals surface area contributed by atoms with Gasteiger partial charge in [0.15, 0.2) is 0 Å². The van der Waals surface area contributed by atoms with Crippen molar-refractivity contribution in [3.05, 3.63) is 0 Å². The number of piperidine rings is 1. The molecule has 3 heteroatoms. The molecule has 1 fully saturated rings. The van der Waals surface area contributed by atoms with Gasteiger partial charge in [-0.05, 0) is 19.9 Å². The van der Waals surface area contributed by atoms with Gasteiger partial charge in [0.25, 0.3) is 0 Å². The standard InChI is InChI=1S/C6H13BrN2/c1-8-6-2-4-9(7)5-3-6/h6,8H,2-5H2,1H3. The van der Waals surface area contributed by atoms with Crippen molar-refractivity contribution >= 4 is 16.1 Å². The Bertz CT molecular complexity index is 79.1. The summed E-state index contributed by atoms with van der Waals surface area (Å²) < 4.78 is 2.20. The zero-order valence-corrected chi connectivity index (χ0v) is 7.32. The summed E-state index contributed by atoms with van der Waals surface area (Å²) in [5, 5.41) is 3.28. The molecule has 54 valence electrons. The fraction of sp³-hybridized carbons (Fsp3) is 1.00. The van der Waals surface area contributed by atoms with E-state index in [0.717, 1.165) is 6.04 Å². The van der Waals surface area contributed by atoms with Crippen LogP contribution in [0.2, 0.25) is 0 Å². The number of nitrogens with one attached hydrogen (secondary N) is 1. The Balaban J connectivity index is 2.18. The van der Waals surface area contributed by atoms with Crippen molar-refractivity contribution in [1.29, 1.82) is 0 Å². The van der Waals surface area contributed by atoms with Crippen LogP contribution < -0.4 is 5.32 Å². The van der Waals surface area contributed by atoms with Gasteiger partial charge < -0.3 is 5.32 Å². The maximum absolute atomic E-state index is 3.45. The van der Waals surface area contributed by atoms with Gasteiger partial charge in [-0.15, -0.1) is 0 Å². The molecule has 0 spiro atoms. The van der Waals surface area contributed by atoms with Gasteiger partial charge in [-0.2, -0.15) is 0 Å². The number of hydrogen-bond acceptors (Lipinski definition) is 2. The largest absolute Gasteiger partial charge is 0.317 e. The van der Waals surface area contributed by atoms with E-state index in [-0.39, 0.29) is 0 Å². The topological polar surface area (TPSA) is 15.3 Å². The maximum Gasteiger partial charge on any atom is 0.0120 e. The molecule has 1 saturated heterocycles. The molecule has 0 saturated carbocycles. The molecule has 9 heavy (non-hydrogen) atoms. The summed E-state index contributed by atoms with van der Waals surface area (Å²) in [7, 11) is 2.04. The van der Waals surface area contributed by atoms with Crippen LogP contribution in [-0.4, -0.2) is 30.1 Å². The molecule has 0 aliphatic carbocycles. The van der Waals surface area contributed by atoms with E-state index in [2.05, 4.69) is 25.4 Å². The lowest BCUT2D eigenvalue weighted by molar-refractivity contribution is 0.327. The smallest absolute Gasteiger partial charge is 0.0120 e. The van der Waals surface area contributed by atoms with E-state index >= 15 is 0 Å². The van der Waals surface area contributed by atoms with Crippen molar-refractivity contribution < 1.29 is 0 Å². The quantitative estimate of drug-likeness (QED) is 0.624. The van der Waals surface area contributed by atoms with E-state index in [4.69, 9.17) is 0 Å². The van der Waals surface area contributed by atoms with Gasteiger partial charge >= 0.3 is 0 Å². The molecule has 0 unspecified atom stereocenters. The normalized spacial score (nSPS) is 24.7. The summed E-state index contributed by atoms with van der Waals surface area (Å²) in [6.45, 7) is 2.34. The third kappa shape index (κ3) is 2.24. The van der Waals surface area contributed by atoms with Gasteiger partial charge in [-0.3, -0.25) is 0 Å². The lowest BCUT2D eigenvalue weighted by Gasteiger charge is -2.26. The molecule has 0 aromatic rings. The van der Waals surface area contributed by atoms with Crippen molar-refractivity contribution in [2.24, 2.45) is 0 Å². The second-order valence-electron chi connectivity index (χ2n) is 2.47. The zero-order chi connectivity index (χ0) is 6.69. The minimum absolute atomic E-state index is 0.749. The Labute approximate surface area is 64.9 Å². The van der Waals surface area contributed by atoms with Gasteiger partial charge in [0.1, 0.15) is 0 Å². The Morgan fingerprint density at radius 3 is 2.44 bits per heavy atom. The van der Waals surface area contributed by atoms with Crippen LogP contribution in [0, 0.1) is 0 Å². The molecule has 1 aliphatic rings. The molecule has 1 heterocycles. The molecule has 0 radical (unpaired) electrons. The van der Waals surface area contributed by atoms with Crippen molar-refractivity contribution in [3.8, 4) is 0 Å². The predicted molar refractivity (Wildman–Crippen MR) is 42.6 cm³/mol. The third-order valence-electron chi connectivity index (χ3n) is 1.85. The Morgan fingerprint density at radius 1 is 1.44 bits per heavy atom. The maximum atomic E-state index is 3.45. The number of rotatable bonds is 1. The van der Waals surface area contributed by atoms with Gasteiger partial charge in [0.05, 0.1) is 0 Å². The summed E-state index contributed by atoms with van der Waals surface area (Å²) in [6, 6.07) is 0.749. The summed E-state index contributed by atoms with van der Waals surface area (Å²) in [4.78, 5) is 0. The summed E-state index contributed by atoms with van der Waals surface area (Å²) in [5.41, 5.74) is 0. The monoisotopic (exact) mass is 192 g/mol. The van der Waals surface area contributed by atoms with Gasteiger partial charge in [-0.1, -0.05) is 0 Å². The molecular weight excluding hydrogens is 180 g/mol. The molecule has 0 amide bonds. The van der Waals surface area contributed by atoms with Gasteiger partial charge in [0.2, 0.25) is 0 Å². The molecule has 0 aromatic carbocycles. The molecule has 1 aliphatic heterocycles. The first kappa shape index (κ1) is 7.51. The van der Waals surface area contributed by atoms with Crippen LogP contribution in [0.3, 0.4) is 0 Å². The van der Waals surface area contributed by atoms with Crippen LogP contribution in [-0.2, 0) is 0 Å². The average Bonchev–Trinajstić information content (AvgIpc) is 1.90.